The van der Waals surface area contributed by atoms with Crippen LogP contribution in [0.4, 0.5) is 0 Å². The first-order valence-corrected chi connectivity index (χ1v) is 12.9. The molecule has 0 aliphatic carbocycles. The molecule has 31 heavy (non-hydrogen) atoms. The van der Waals surface area contributed by atoms with Gasteiger partial charge in [0.1, 0.15) is 0 Å². The predicted molar refractivity (Wildman–Crippen MR) is 135 cm³/mol. The molecule has 11 heteroatoms. The summed E-state index contributed by atoms with van der Waals surface area (Å²) in [6.45, 7) is 11.8. The van der Waals surface area contributed by atoms with E-state index in [0.29, 0.717) is 37.4 Å². The number of hydrogen-bond donors (Lipinski definition) is 3. The average Bonchev–Trinajstić information content (AvgIpc) is 3.03. The maximum absolute atomic E-state index is 12.1. The Bertz CT molecular complexity index is 668. The van der Waals surface area contributed by atoms with E-state index in [2.05, 4.69) is 34.7 Å². The fraction of sp³-hybridized carbons (Fsp3) is 0.900. The molecule has 1 amide bonds. The number of nitrogens with zero attached hydrogens (tertiary/aromatic N) is 2. The molecular weight excluding hydrogens is 533 g/mol. The zero-order valence-corrected chi connectivity index (χ0v) is 22.2. The van der Waals surface area contributed by atoms with E-state index in [-0.39, 0.29) is 53.9 Å². The van der Waals surface area contributed by atoms with Crippen molar-refractivity contribution in [3.8, 4) is 0 Å². The summed E-state index contributed by atoms with van der Waals surface area (Å²) < 4.78 is 28.5. The molecule has 0 radical (unpaired) electrons. The van der Waals surface area contributed by atoms with E-state index in [0.717, 1.165) is 39.3 Å². The number of aliphatic imine (C=N–C) groups is 1. The number of ether oxygens (including phenoxy) is 1. The van der Waals surface area contributed by atoms with Crippen LogP contribution in [0.15, 0.2) is 4.99 Å². The average molecular weight is 574 g/mol. The van der Waals surface area contributed by atoms with Crippen LogP contribution < -0.4 is 16.0 Å². The highest BCUT2D eigenvalue weighted by Crippen LogP contribution is 2.14. The van der Waals surface area contributed by atoms with Gasteiger partial charge in [-0.2, -0.15) is 0 Å². The van der Waals surface area contributed by atoms with E-state index in [9.17, 15) is 13.2 Å². The minimum atomic E-state index is -2.99. The topological polar surface area (TPSA) is 112 Å². The van der Waals surface area contributed by atoms with Gasteiger partial charge in [0, 0.05) is 44.7 Å². The lowest BCUT2D eigenvalue weighted by Crippen LogP contribution is -2.46. The molecule has 0 aromatic carbocycles. The van der Waals surface area contributed by atoms with Crippen molar-refractivity contribution in [1.29, 1.82) is 0 Å². The summed E-state index contributed by atoms with van der Waals surface area (Å²) in [4.78, 5) is 19.3. The molecule has 0 saturated carbocycles. The number of nitrogens with one attached hydrogen (secondary N) is 3. The monoisotopic (exact) mass is 573 g/mol. The lowest BCUT2D eigenvalue weighted by atomic mass is 10.0. The third kappa shape index (κ3) is 11.2. The molecule has 0 bridgehead atoms. The zero-order valence-electron chi connectivity index (χ0n) is 19.1. The van der Waals surface area contributed by atoms with E-state index in [4.69, 9.17) is 9.73 Å². The molecule has 0 aromatic heterocycles. The summed E-state index contributed by atoms with van der Waals surface area (Å²) in [6, 6.07) is 0.117. The van der Waals surface area contributed by atoms with Gasteiger partial charge in [0.15, 0.2) is 15.8 Å². The lowest BCUT2D eigenvalue weighted by Gasteiger charge is -2.34. The minimum absolute atomic E-state index is 0. The second-order valence-corrected chi connectivity index (χ2v) is 10.7. The molecule has 182 valence electrons. The Labute approximate surface area is 204 Å². The fourth-order valence-electron chi connectivity index (χ4n) is 3.87. The second-order valence-electron chi connectivity index (χ2n) is 8.50. The molecule has 2 fully saturated rings. The van der Waals surface area contributed by atoms with Crippen molar-refractivity contribution in [2.24, 2.45) is 10.9 Å². The number of rotatable bonds is 10. The minimum Gasteiger partial charge on any atom is -0.379 e. The summed E-state index contributed by atoms with van der Waals surface area (Å²) in [6.07, 6.45) is 1.86. The molecule has 3 N–H and O–H groups in total. The van der Waals surface area contributed by atoms with Gasteiger partial charge in [-0.3, -0.25) is 14.7 Å². The molecule has 2 aliphatic heterocycles. The normalized spacial score (nSPS) is 22.6. The fourth-order valence-corrected chi connectivity index (χ4v) is 5.54. The van der Waals surface area contributed by atoms with E-state index in [1.54, 1.807) is 0 Å². The van der Waals surface area contributed by atoms with Crippen LogP contribution in [0.3, 0.4) is 0 Å². The first-order valence-electron chi connectivity index (χ1n) is 11.1. The standard InChI is InChI=1S/C20H39N5O4S.HI/c1-4-21-20(22-7-5-19(26)24-17-6-12-30(27,28)15-17)23-14-18(13-16(2)3)25-8-10-29-11-9-25;/h16-18H,4-15H2,1-3H3,(H,24,26)(H2,21,22,23);1H. The first-order chi connectivity index (χ1) is 14.3. The Morgan fingerprint density at radius 2 is 1.94 bits per heavy atom. The smallest absolute Gasteiger partial charge is 0.222 e. The predicted octanol–water partition coefficient (Wildman–Crippen LogP) is 0.600. The Hall–Kier alpha value is -0.660. The second kappa shape index (κ2) is 14.5. The quantitative estimate of drug-likeness (QED) is 0.199. The van der Waals surface area contributed by atoms with Crippen molar-refractivity contribution in [1.82, 2.24) is 20.9 Å². The summed E-state index contributed by atoms with van der Waals surface area (Å²) in [7, 11) is -2.99. The van der Waals surface area contributed by atoms with Crippen LogP contribution in [0, 0.1) is 5.92 Å². The lowest BCUT2D eigenvalue weighted by molar-refractivity contribution is -0.121. The molecular formula is C20H40IN5O4S. The number of sulfone groups is 1. The van der Waals surface area contributed by atoms with Crippen molar-refractivity contribution in [2.45, 2.75) is 52.1 Å². The zero-order chi connectivity index (χ0) is 22.0. The van der Waals surface area contributed by atoms with Gasteiger partial charge in [0.25, 0.3) is 0 Å². The van der Waals surface area contributed by atoms with Crippen LogP contribution in [-0.2, 0) is 19.4 Å². The summed E-state index contributed by atoms with van der Waals surface area (Å²) in [5, 5.41) is 9.28. The van der Waals surface area contributed by atoms with Crippen molar-refractivity contribution < 1.29 is 17.9 Å². The number of halogens is 1. The van der Waals surface area contributed by atoms with Crippen molar-refractivity contribution >= 4 is 45.7 Å². The van der Waals surface area contributed by atoms with Gasteiger partial charge in [-0.05, 0) is 25.7 Å². The highest BCUT2D eigenvalue weighted by Gasteiger charge is 2.28. The number of carbonyl (C=O) groups excluding carboxylic acids is 1. The highest BCUT2D eigenvalue weighted by atomic mass is 127. The van der Waals surface area contributed by atoms with Crippen LogP contribution in [0.2, 0.25) is 0 Å². The largest absolute Gasteiger partial charge is 0.379 e. The highest BCUT2D eigenvalue weighted by molar-refractivity contribution is 14.0. The van der Waals surface area contributed by atoms with Crippen LogP contribution in [0.25, 0.3) is 0 Å². The number of carbonyl (C=O) groups is 1. The number of guanidine groups is 1. The summed E-state index contributed by atoms with van der Waals surface area (Å²) in [5.74, 6) is 1.37. The van der Waals surface area contributed by atoms with Gasteiger partial charge >= 0.3 is 0 Å². The maximum Gasteiger partial charge on any atom is 0.222 e. The number of amides is 1. The summed E-state index contributed by atoms with van der Waals surface area (Å²) >= 11 is 0. The van der Waals surface area contributed by atoms with Gasteiger partial charge in [0.05, 0.1) is 31.3 Å². The van der Waals surface area contributed by atoms with Gasteiger partial charge in [-0.1, -0.05) is 13.8 Å². The molecule has 2 atom stereocenters. The van der Waals surface area contributed by atoms with Gasteiger partial charge in [0.2, 0.25) is 5.91 Å². The van der Waals surface area contributed by atoms with Crippen LogP contribution >= 0.6 is 24.0 Å². The number of hydrogen-bond acceptors (Lipinski definition) is 6. The van der Waals surface area contributed by atoms with Crippen molar-refractivity contribution in [2.75, 3.05) is 57.4 Å². The molecule has 2 rings (SSSR count). The Morgan fingerprint density at radius 3 is 2.52 bits per heavy atom. The molecule has 2 unspecified atom stereocenters. The van der Waals surface area contributed by atoms with Crippen molar-refractivity contribution in [3.05, 3.63) is 0 Å². The maximum atomic E-state index is 12.1. The van der Waals surface area contributed by atoms with Gasteiger partial charge < -0.3 is 20.7 Å². The van der Waals surface area contributed by atoms with E-state index in [1.165, 1.54) is 0 Å². The molecule has 2 heterocycles. The third-order valence-electron chi connectivity index (χ3n) is 5.35. The molecule has 0 aromatic rings. The Kier molecular flexibility index (Phi) is 13.3. The van der Waals surface area contributed by atoms with E-state index < -0.39 is 9.84 Å². The third-order valence-corrected chi connectivity index (χ3v) is 7.12. The number of morpholine rings is 1. The van der Waals surface area contributed by atoms with Crippen LogP contribution in [-0.4, -0.2) is 94.7 Å². The Morgan fingerprint density at radius 1 is 1.23 bits per heavy atom. The molecule has 2 aliphatic rings. The van der Waals surface area contributed by atoms with Gasteiger partial charge in [-0.25, -0.2) is 8.42 Å². The Balaban J connectivity index is 0.00000480. The molecule has 2 saturated heterocycles. The summed E-state index contributed by atoms with van der Waals surface area (Å²) in [5.41, 5.74) is 0. The van der Waals surface area contributed by atoms with Crippen LogP contribution in [0.5, 0.6) is 0 Å². The van der Waals surface area contributed by atoms with Gasteiger partial charge in [-0.15, -0.1) is 24.0 Å². The van der Waals surface area contributed by atoms with Crippen LogP contribution in [0.1, 0.15) is 40.0 Å². The van der Waals surface area contributed by atoms with E-state index >= 15 is 0 Å². The first kappa shape index (κ1) is 28.4. The van der Waals surface area contributed by atoms with Crippen molar-refractivity contribution in [3.63, 3.8) is 0 Å². The SMILES string of the molecule is CCNC(=NCC(CC(C)C)N1CCOCC1)NCCC(=O)NC1CCS(=O)(=O)C1.I. The molecule has 9 nitrogen and oxygen atoms in total. The van der Waals surface area contributed by atoms with E-state index in [1.807, 2.05) is 6.92 Å². The molecule has 0 spiro atoms.